The Balaban J connectivity index is 1.43. The number of hydrogen-bond donors (Lipinski definition) is 2. The lowest BCUT2D eigenvalue weighted by Gasteiger charge is -2.37. The molecule has 0 bridgehead atoms. The van der Waals surface area contributed by atoms with Crippen LogP contribution >= 0.6 is 11.6 Å². The number of benzene rings is 1. The third-order valence-corrected chi connectivity index (χ3v) is 5.58. The molecule has 26 heavy (non-hydrogen) atoms. The molecule has 3 rings (SSSR count). The lowest BCUT2D eigenvalue weighted by Crippen LogP contribution is -2.55. The molecule has 1 unspecified atom stereocenters. The van der Waals surface area contributed by atoms with Crippen LogP contribution in [0.5, 0.6) is 0 Å². The maximum Gasteiger partial charge on any atom is 0.238 e. The third kappa shape index (κ3) is 4.96. The number of nitrogens with one attached hydrogen (secondary N) is 2. The zero-order chi connectivity index (χ0) is 18.7. The Morgan fingerprint density at radius 2 is 1.92 bits per heavy atom. The molecule has 1 aliphatic carbocycles. The SMILES string of the molecule is Cc1c(Cl)cccc1NC(=O)CN1CCN(C(C)C(=O)NC2CC2)CC1. The summed E-state index contributed by atoms with van der Waals surface area (Å²) in [6, 6.07) is 5.78. The topological polar surface area (TPSA) is 64.7 Å². The number of hydrogen-bond acceptors (Lipinski definition) is 4. The van der Waals surface area contributed by atoms with E-state index in [-0.39, 0.29) is 17.9 Å². The van der Waals surface area contributed by atoms with Crippen LogP contribution in [0.3, 0.4) is 0 Å². The summed E-state index contributed by atoms with van der Waals surface area (Å²) in [4.78, 5) is 28.8. The molecule has 0 radical (unpaired) electrons. The number of anilines is 1. The van der Waals surface area contributed by atoms with Crippen molar-refractivity contribution in [2.24, 2.45) is 0 Å². The minimum Gasteiger partial charge on any atom is -0.352 e. The van der Waals surface area contributed by atoms with Gasteiger partial charge in [-0.3, -0.25) is 19.4 Å². The highest BCUT2D eigenvalue weighted by atomic mass is 35.5. The minimum atomic E-state index is -0.110. The number of carbonyl (C=O) groups excluding carboxylic acids is 2. The first-order valence-electron chi connectivity index (χ1n) is 9.26. The molecule has 2 aliphatic rings. The monoisotopic (exact) mass is 378 g/mol. The van der Waals surface area contributed by atoms with Crippen LogP contribution in [0.4, 0.5) is 5.69 Å². The quantitative estimate of drug-likeness (QED) is 0.793. The summed E-state index contributed by atoms with van der Waals surface area (Å²) in [7, 11) is 0. The molecule has 1 aliphatic heterocycles. The summed E-state index contributed by atoms with van der Waals surface area (Å²) in [5, 5.41) is 6.65. The van der Waals surface area contributed by atoms with Crippen LogP contribution in [0, 0.1) is 6.92 Å². The van der Waals surface area contributed by atoms with Gasteiger partial charge in [-0.05, 0) is 44.4 Å². The lowest BCUT2D eigenvalue weighted by molar-refractivity contribution is -0.127. The van der Waals surface area contributed by atoms with E-state index in [4.69, 9.17) is 11.6 Å². The van der Waals surface area contributed by atoms with Crippen molar-refractivity contribution >= 4 is 29.1 Å². The largest absolute Gasteiger partial charge is 0.352 e. The van der Waals surface area contributed by atoms with E-state index in [9.17, 15) is 9.59 Å². The van der Waals surface area contributed by atoms with Gasteiger partial charge in [0.15, 0.2) is 0 Å². The van der Waals surface area contributed by atoms with Crippen molar-refractivity contribution < 1.29 is 9.59 Å². The van der Waals surface area contributed by atoms with Crippen molar-refractivity contribution in [3.8, 4) is 0 Å². The number of amides is 2. The first-order valence-corrected chi connectivity index (χ1v) is 9.63. The van der Waals surface area contributed by atoms with Crippen LogP contribution < -0.4 is 10.6 Å². The van der Waals surface area contributed by atoms with Crippen LogP contribution in [0.15, 0.2) is 18.2 Å². The average molecular weight is 379 g/mol. The zero-order valence-electron chi connectivity index (χ0n) is 15.4. The van der Waals surface area contributed by atoms with Crippen molar-refractivity contribution in [1.29, 1.82) is 0 Å². The highest BCUT2D eigenvalue weighted by Gasteiger charge is 2.30. The molecule has 0 aromatic heterocycles. The fourth-order valence-electron chi connectivity index (χ4n) is 3.16. The standard InChI is InChI=1S/C19H27ClN4O2/c1-13-16(20)4-3-5-17(13)22-18(25)12-23-8-10-24(11-9-23)14(2)19(26)21-15-6-7-15/h3-5,14-15H,6-12H2,1-2H3,(H,21,26)(H,22,25). The zero-order valence-corrected chi connectivity index (χ0v) is 16.2. The number of piperazine rings is 1. The van der Waals surface area contributed by atoms with Gasteiger partial charge in [0.1, 0.15) is 0 Å². The van der Waals surface area contributed by atoms with Crippen LogP contribution in [-0.2, 0) is 9.59 Å². The molecule has 2 N–H and O–H groups in total. The van der Waals surface area contributed by atoms with Gasteiger partial charge in [0.25, 0.3) is 0 Å². The van der Waals surface area contributed by atoms with Gasteiger partial charge in [0.2, 0.25) is 11.8 Å². The van der Waals surface area contributed by atoms with E-state index in [0.717, 1.165) is 50.3 Å². The number of rotatable bonds is 6. The predicted molar refractivity (Wildman–Crippen MR) is 103 cm³/mol. The molecule has 0 spiro atoms. The molecule has 1 aromatic rings. The summed E-state index contributed by atoms with van der Waals surface area (Å²) >= 11 is 6.10. The summed E-state index contributed by atoms with van der Waals surface area (Å²) in [6.45, 7) is 7.35. The predicted octanol–water partition coefficient (Wildman–Crippen LogP) is 1.87. The van der Waals surface area contributed by atoms with Gasteiger partial charge in [-0.2, -0.15) is 0 Å². The third-order valence-electron chi connectivity index (χ3n) is 5.17. The van der Waals surface area contributed by atoms with Crippen molar-refractivity contribution in [3.63, 3.8) is 0 Å². The highest BCUT2D eigenvalue weighted by molar-refractivity contribution is 6.31. The second kappa shape index (κ2) is 8.37. The Morgan fingerprint density at radius 1 is 1.23 bits per heavy atom. The van der Waals surface area contributed by atoms with Crippen LogP contribution in [0.2, 0.25) is 5.02 Å². The molecule has 1 atom stereocenters. The number of nitrogens with zero attached hydrogens (tertiary/aromatic N) is 2. The van der Waals surface area contributed by atoms with Gasteiger partial charge in [-0.1, -0.05) is 17.7 Å². The van der Waals surface area contributed by atoms with E-state index in [1.165, 1.54) is 0 Å². The van der Waals surface area contributed by atoms with E-state index in [2.05, 4.69) is 20.4 Å². The van der Waals surface area contributed by atoms with Crippen molar-refractivity contribution in [2.75, 3.05) is 38.0 Å². The number of carbonyl (C=O) groups is 2. The Bertz CT molecular complexity index is 670. The fraction of sp³-hybridized carbons (Fsp3) is 0.579. The first kappa shape index (κ1) is 19.1. The summed E-state index contributed by atoms with van der Waals surface area (Å²) in [5.41, 5.74) is 1.63. The second-order valence-electron chi connectivity index (χ2n) is 7.23. The van der Waals surface area contributed by atoms with Crippen LogP contribution in [0.1, 0.15) is 25.3 Å². The van der Waals surface area contributed by atoms with Crippen molar-refractivity contribution in [3.05, 3.63) is 28.8 Å². The maximum absolute atomic E-state index is 12.3. The average Bonchev–Trinajstić information content (AvgIpc) is 3.43. The molecular weight excluding hydrogens is 352 g/mol. The first-order chi connectivity index (χ1) is 12.4. The van der Waals surface area contributed by atoms with E-state index in [1.807, 2.05) is 32.0 Å². The maximum atomic E-state index is 12.3. The lowest BCUT2D eigenvalue weighted by atomic mass is 10.2. The normalized spacial score (nSPS) is 19.8. The second-order valence-corrected chi connectivity index (χ2v) is 7.64. The van der Waals surface area contributed by atoms with Crippen LogP contribution in [-0.4, -0.2) is 66.4 Å². The molecule has 1 saturated carbocycles. The summed E-state index contributed by atoms with van der Waals surface area (Å²) in [5.74, 6) is 0.0819. The van der Waals surface area contributed by atoms with Crippen LogP contribution in [0.25, 0.3) is 0 Å². The summed E-state index contributed by atoms with van der Waals surface area (Å²) < 4.78 is 0. The Hall–Kier alpha value is -1.63. The molecule has 1 aromatic carbocycles. The smallest absolute Gasteiger partial charge is 0.238 e. The Kier molecular flexibility index (Phi) is 6.16. The molecular formula is C19H27ClN4O2. The van der Waals surface area contributed by atoms with E-state index >= 15 is 0 Å². The van der Waals surface area contributed by atoms with Gasteiger partial charge >= 0.3 is 0 Å². The highest BCUT2D eigenvalue weighted by Crippen LogP contribution is 2.23. The molecule has 142 valence electrons. The van der Waals surface area contributed by atoms with E-state index in [1.54, 1.807) is 0 Å². The minimum absolute atomic E-state index is 0.0386. The molecule has 7 heteroatoms. The Labute approximate surface area is 159 Å². The molecule has 1 heterocycles. The van der Waals surface area contributed by atoms with Gasteiger partial charge in [-0.25, -0.2) is 0 Å². The Morgan fingerprint density at radius 3 is 2.58 bits per heavy atom. The van der Waals surface area contributed by atoms with Crippen molar-refractivity contribution in [2.45, 2.75) is 38.8 Å². The molecule has 1 saturated heterocycles. The van der Waals surface area contributed by atoms with E-state index < -0.39 is 0 Å². The van der Waals surface area contributed by atoms with Gasteiger partial charge in [0, 0.05) is 42.9 Å². The van der Waals surface area contributed by atoms with Crippen molar-refractivity contribution in [1.82, 2.24) is 15.1 Å². The molecule has 2 amide bonds. The van der Waals surface area contributed by atoms with E-state index in [0.29, 0.717) is 17.6 Å². The molecule has 2 fully saturated rings. The number of halogens is 1. The van der Waals surface area contributed by atoms with Gasteiger partial charge in [-0.15, -0.1) is 0 Å². The summed E-state index contributed by atoms with van der Waals surface area (Å²) in [6.07, 6.45) is 2.21. The molecule has 6 nitrogen and oxygen atoms in total. The van der Waals surface area contributed by atoms with Gasteiger partial charge < -0.3 is 10.6 Å². The fourth-order valence-corrected chi connectivity index (χ4v) is 3.33. The van der Waals surface area contributed by atoms with Gasteiger partial charge in [0.05, 0.1) is 12.6 Å².